The Kier molecular flexibility index (Phi) is 6.42. The van der Waals surface area contributed by atoms with E-state index in [4.69, 9.17) is 4.74 Å². The van der Waals surface area contributed by atoms with Gasteiger partial charge in [-0.1, -0.05) is 36.4 Å². The van der Waals surface area contributed by atoms with Crippen LogP contribution in [0.5, 0.6) is 11.5 Å². The third-order valence-electron chi connectivity index (χ3n) is 6.41. The number of hydrogen-bond acceptors (Lipinski definition) is 5. The number of nitrogens with zero attached hydrogens (tertiary/aromatic N) is 3. The fraction of sp³-hybridized carbons (Fsp3) is 0.286. The maximum Gasteiger partial charge on any atom is 0.258 e. The molecule has 7 heteroatoms. The fourth-order valence-corrected chi connectivity index (χ4v) is 4.55. The average molecular weight is 471 g/mol. The number of fused-ring (bicyclic) bond motifs is 2. The van der Waals surface area contributed by atoms with Gasteiger partial charge in [0.2, 0.25) is 0 Å². The number of phenols is 1. The van der Waals surface area contributed by atoms with Gasteiger partial charge < -0.3 is 19.6 Å². The Morgan fingerprint density at radius 1 is 1.09 bits per heavy atom. The lowest BCUT2D eigenvalue weighted by atomic mass is 10.0. The summed E-state index contributed by atoms with van der Waals surface area (Å²) in [5, 5.41) is 18.9. The van der Waals surface area contributed by atoms with Gasteiger partial charge in [0.05, 0.1) is 23.4 Å². The van der Waals surface area contributed by atoms with Crippen molar-refractivity contribution in [2.75, 3.05) is 27.2 Å². The highest BCUT2D eigenvalue weighted by atomic mass is 16.5. The SMILES string of the molecule is CN(C)CCCOc1ccc2c(c1)CN(C(=O)c1cc3c(Cc4ccccc4)n[nH]c3cc1O)C2. The van der Waals surface area contributed by atoms with Crippen LogP contribution in [0.2, 0.25) is 0 Å². The summed E-state index contributed by atoms with van der Waals surface area (Å²) in [5.41, 5.74) is 5.18. The van der Waals surface area contributed by atoms with Crippen molar-refractivity contribution in [1.82, 2.24) is 20.0 Å². The summed E-state index contributed by atoms with van der Waals surface area (Å²) in [7, 11) is 4.10. The molecule has 1 amide bonds. The summed E-state index contributed by atoms with van der Waals surface area (Å²) < 4.78 is 5.90. The van der Waals surface area contributed by atoms with Crippen LogP contribution in [-0.4, -0.2) is 58.3 Å². The zero-order valence-electron chi connectivity index (χ0n) is 20.1. The van der Waals surface area contributed by atoms with Crippen LogP contribution >= 0.6 is 0 Å². The van der Waals surface area contributed by atoms with E-state index in [1.807, 2.05) is 50.5 Å². The Labute approximate surface area is 204 Å². The topological polar surface area (TPSA) is 81.7 Å². The second kappa shape index (κ2) is 9.80. The lowest BCUT2D eigenvalue weighted by Crippen LogP contribution is -2.25. The molecule has 4 aromatic rings. The molecule has 0 saturated heterocycles. The van der Waals surface area contributed by atoms with Crippen LogP contribution in [0.3, 0.4) is 0 Å². The van der Waals surface area contributed by atoms with Gasteiger partial charge in [-0.3, -0.25) is 9.89 Å². The van der Waals surface area contributed by atoms with E-state index < -0.39 is 0 Å². The number of ether oxygens (including phenoxy) is 1. The smallest absolute Gasteiger partial charge is 0.258 e. The van der Waals surface area contributed by atoms with Gasteiger partial charge in [-0.05, 0) is 55.4 Å². The first kappa shape index (κ1) is 22.9. The van der Waals surface area contributed by atoms with E-state index in [0.29, 0.717) is 37.2 Å². The molecule has 3 aromatic carbocycles. The number of benzene rings is 3. The third kappa shape index (κ3) is 5.00. The molecule has 7 nitrogen and oxygen atoms in total. The summed E-state index contributed by atoms with van der Waals surface area (Å²) in [4.78, 5) is 17.3. The van der Waals surface area contributed by atoms with E-state index in [1.165, 1.54) is 0 Å². The highest BCUT2D eigenvalue weighted by molar-refractivity contribution is 6.01. The van der Waals surface area contributed by atoms with Gasteiger partial charge in [-0.15, -0.1) is 0 Å². The molecule has 2 N–H and O–H groups in total. The molecule has 0 saturated carbocycles. The summed E-state index contributed by atoms with van der Waals surface area (Å²) in [6.45, 7) is 2.63. The van der Waals surface area contributed by atoms with Crippen LogP contribution in [0.15, 0.2) is 60.7 Å². The van der Waals surface area contributed by atoms with Crippen molar-refractivity contribution in [2.24, 2.45) is 0 Å². The van der Waals surface area contributed by atoms with Crippen molar-refractivity contribution >= 4 is 16.8 Å². The minimum absolute atomic E-state index is 0.0433. The quantitative estimate of drug-likeness (QED) is 0.374. The number of carbonyl (C=O) groups excluding carboxylic acids is 1. The number of nitrogens with one attached hydrogen (secondary N) is 1. The minimum atomic E-state index is -0.194. The lowest BCUT2D eigenvalue weighted by Gasteiger charge is -2.16. The minimum Gasteiger partial charge on any atom is -0.507 e. The Bertz CT molecular complexity index is 1350. The largest absolute Gasteiger partial charge is 0.507 e. The normalized spacial score (nSPS) is 12.9. The maximum absolute atomic E-state index is 13.4. The van der Waals surface area contributed by atoms with Crippen molar-refractivity contribution in [3.05, 3.63) is 88.6 Å². The number of aromatic nitrogens is 2. The monoisotopic (exact) mass is 470 g/mol. The Morgan fingerprint density at radius 2 is 1.89 bits per heavy atom. The van der Waals surface area contributed by atoms with E-state index in [0.717, 1.165) is 46.5 Å². The molecular formula is C28H30N4O3. The standard InChI is InChI=1S/C28H30N4O3/c1-31(2)11-6-12-35-22-10-9-20-17-32(18-21(20)14-22)28(34)24-15-23-25(13-19-7-4-3-5-8-19)29-30-26(23)16-27(24)33/h3-5,7-10,14-16,33H,6,11-13,17-18H2,1-2H3,(H,29,30). The first-order valence-electron chi connectivity index (χ1n) is 11.9. The van der Waals surface area contributed by atoms with Gasteiger partial charge in [0.25, 0.3) is 5.91 Å². The van der Waals surface area contributed by atoms with Gasteiger partial charge in [0.15, 0.2) is 0 Å². The number of hydrogen-bond donors (Lipinski definition) is 2. The third-order valence-corrected chi connectivity index (χ3v) is 6.41. The first-order valence-corrected chi connectivity index (χ1v) is 11.9. The van der Waals surface area contributed by atoms with Gasteiger partial charge in [-0.2, -0.15) is 5.10 Å². The van der Waals surface area contributed by atoms with Crippen molar-refractivity contribution in [2.45, 2.75) is 25.9 Å². The molecule has 2 heterocycles. The van der Waals surface area contributed by atoms with E-state index in [-0.39, 0.29) is 11.7 Å². The summed E-state index contributed by atoms with van der Waals surface area (Å²) in [6.07, 6.45) is 1.60. The van der Waals surface area contributed by atoms with Crippen LogP contribution in [0.25, 0.3) is 10.9 Å². The van der Waals surface area contributed by atoms with Crippen LogP contribution in [0, 0.1) is 0 Å². The zero-order chi connectivity index (χ0) is 24.4. The maximum atomic E-state index is 13.4. The summed E-state index contributed by atoms with van der Waals surface area (Å²) in [5.74, 6) is 0.587. The average Bonchev–Trinajstić information content (AvgIpc) is 3.45. The molecule has 5 rings (SSSR count). The molecule has 0 radical (unpaired) electrons. The van der Waals surface area contributed by atoms with Crippen LogP contribution in [0.1, 0.15) is 39.2 Å². The van der Waals surface area contributed by atoms with Gasteiger partial charge in [0, 0.05) is 37.5 Å². The van der Waals surface area contributed by atoms with E-state index >= 15 is 0 Å². The molecule has 1 aliphatic rings. The molecule has 0 bridgehead atoms. The molecule has 1 aromatic heterocycles. The molecule has 0 fully saturated rings. The second-order valence-electron chi connectivity index (χ2n) is 9.34. The van der Waals surface area contributed by atoms with Crippen molar-refractivity contribution in [1.29, 1.82) is 0 Å². The molecular weight excluding hydrogens is 440 g/mol. The molecule has 1 aliphatic heterocycles. The van der Waals surface area contributed by atoms with Crippen LogP contribution < -0.4 is 4.74 Å². The van der Waals surface area contributed by atoms with Crippen molar-refractivity contribution in [3.63, 3.8) is 0 Å². The Balaban J connectivity index is 1.32. The number of carbonyl (C=O) groups is 1. The van der Waals surface area contributed by atoms with Crippen LogP contribution in [0.4, 0.5) is 0 Å². The lowest BCUT2D eigenvalue weighted by molar-refractivity contribution is 0.0748. The number of aromatic hydroxyl groups is 1. The molecule has 0 spiro atoms. The van der Waals surface area contributed by atoms with Crippen LogP contribution in [-0.2, 0) is 19.5 Å². The Morgan fingerprint density at radius 3 is 2.69 bits per heavy atom. The van der Waals surface area contributed by atoms with E-state index in [9.17, 15) is 9.90 Å². The van der Waals surface area contributed by atoms with Gasteiger partial charge in [0.1, 0.15) is 11.5 Å². The molecule has 35 heavy (non-hydrogen) atoms. The van der Waals surface area contributed by atoms with E-state index in [2.05, 4.69) is 27.2 Å². The Hall–Kier alpha value is -3.84. The number of rotatable bonds is 8. The predicted molar refractivity (Wildman–Crippen MR) is 136 cm³/mol. The second-order valence-corrected chi connectivity index (χ2v) is 9.34. The number of phenolic OH excluding ortho intramolecular Hbond substituents is 1. The molecule has 0 aliphatic carbocycles. The highest BCUT2D eigenvalue weighted by Crippen LogP contribution is 2.32. The zero-order valence-corrected chi connectivity index (χ0v) is 20.1. The number of aromatic amines is 1. The van der Waals surface area contributed by atoms with Gasteiger partial charge >= 0.3 is 0 Å². The fourth-order valence-electron chi connectivity index (χ4n) is 4.55. The molecule has 180 valence electrons. The molecule has 0 atom stereocenters. The van der Waals surface area contributed by atoms with Crippen molar-refractivity contribution in [3.8, 4) is 11.5 Å². The number of amides is 1. The predicted octanol–water partition coefficient (Wildman–Crippen LogP) is 4.35. The highest BCUT2D eigenvalue weighted by Gasteiger charge is 2.27. The van der Waals surface area contributed by atoms with Gasteiger partial charge in [-0.25, -0.2) is 0 Å². The molecule has 0 unspecified atom stereocenters. The van der Waals surface area contributed by atoms with Crippen molar-refractivity contribution < 1.29 is 14.6 Å². The number of H-pyrrole nitrogens is 1. The summed E-state index contributed by atoms with van der Waals surface area (Å²) in [6, 6.07) is 19.4. The summed E-state index contributed by atoms with van der Waals surface area (Å²) >= 11 is 0. The first-order chi connectivity index (χ1) is 17.0. The van der Waals surface area contributed by atoms with E-state index in [1.54, 1.807) is 17.0 Å².